The quantitative estimate of drug-likeness (QED) is 0.611. The first-order valence-corrected chi connectivity index (χ1v) is 8.19. The summed E-state index contributed by atoms with van der Waals surface area (Å²) >= 11 is 3.39. The number of ether oxygens (including phenoxy) is 1. The topological polar surface area (TPSA) is 50.7 Å². The van der Waals surface area contributed by atoms with Gasteiger partial charge in [0.1, 0.15) is 5.75 Å². The molecule has 0 bridgehead atoms. The Hall–Kier alpha value is -2.14. The highest BCUT2D eigenvalue weighted by molar-refractivity contribution is 9.10. The molecule has 0 aliphatic carbocycles. The van der Waals surface area contributed by atoms with Crippen molar-refractivity contribution in [3.8, 4) is 5.75 Å². The first kappa shape index (κ1) is 17.2. The van der Waals surface area contributed by atoms with E-state index in [-0.39, 0.29) is 12.5 Å². The fraction of sp³-hybridized carbons (Fsp3) is 0.222. The lowest BCUT2D eigenvalue weighted by molar-refractivity contribution is -0.123. The van der Waals surface area contributed by atoms with E-state index in [0.29, 0.717) is 5.75 Å². The SMILES string of the molecule is CCC(=NNC(=O)COc1ccc(Br)cc1C)c1ccccc1. The number of hydrogen-bond donors (Lipinski definition) is 1. The van der Waals surface area contributed by atoms with E-state index in [1.54, 1.807) is 0 Å². The summed E-state index contributed by atoms with van der Waals surface area (Å²) in [5, 5.41) is 4.19. The Morgan fingerprint density at radius 1 is 1.22 bits per heavy atom. The Labute approximate surface area is 144 Å². The Bertz CT molecular complexity index is 699. The van der Waals surface area contributed by atoms with Gasteiger partial charge in [0.25, 0.3) is 5.91 Å². The number of nitrogens with one attached hydrogen (secondary N) is 1. The standard InChI is InChI=1S/C18H19BrN2O2/c1-3-16(14-7-5-4-6-8-14)20-21-18(22)12-23-17-10-9-15(19)11-13(17)2/h4-11H,3,12H2,1-2H3,(H,21,22). The van der Waals surface area contributed by atoms with E-state index in [1.165, 1.54) is 0 Å². The molecule has 2 aromatic rings. The Kier molecular flexibility index (Phi) is 6.35. The van der Waals surface area contributed by atoms with Gasteiger partial charge in [-0.25, -0.2) is 5.43 Å². The molecule has 23 heavy (non-hydrogen) atoms. The van der Waals surface area contributed by atoms with Gasteiger partial charge in [0.2, 0.25) is 0 Å². The molecule has 0 saturated carbocycles. The van der Waals surface area contributed by atoms with E-state index in [4.69, 9.17) is 4.74 Å². The van der Waals surface area contributed by atoms with Gasteiger partial charge in [0.15, 0.2) is 6.61 Å². The normalized spacial score (nSPS) is 11.2. The van der Waals surface area contributed by atoms with E-state index >= 15 is 0 Å². The van der Waals surface area contributed by atoms with Crippen molar-refractivity contribution in [1.82, 2.24) is 5.43 Å². The molecule has 5 heteroatoms. The Morgan fingerprint density at radius 2 is 1.96 bits per heavy atom. The molecule has 4 nitrogen and oxygen atoms in total. The maximum atomic E-state index is 11.9. The predicted molar refractivity (Wildman–Crippen MR) is 95.8 cm³/mol. The lowest BCUT2D eigenvalue weighted by atomic mass is 10.1. The molecule has 0 aromatic heterocycles. The van der Waals surface area contributed by atoms with Crippen molar-refractivity contribution < 1.29 is 9.53 Å². The summed E-state index contributed by atoms with van der Waals surface area (Å²) in [6.07, 6.45) is 0.733. The number of rotatable bonds is 6. The van der Waals surface area contributed by atoms with Gasteiger partial charge in [-0.3, -0.25) is 4.79 Å². The van der Waals surface area contributed by atoms with Crippen LogP contribution in [-0.2, 0) is 4.79 Å². The lowest BCUT2D eigenvalue weighted by Crippen LogP contribution is -2.26. The Morgan fingerprint density at radius 3 is 2.61 bits per heavy atom. The molecule has 2 rings (SSSR count). The van der Waals surface area contributed by atoms with Gasteiger partial charge >= 0.3 is 0 Å². The van der Waals surface area contributed by atoms with Crippen LogP contribution in [0.1, 0.15) is 24.5 Å². The molecule has 1 amide bonds. The second-order valence-electron chi connectivity index (χ2n) is 5.01. The summed E-state index contributed by atoms with van der Waals surface area (Å²) in [5.41, 5.74) is 5.35. The first-order chi connectivity index (χ1) is 11.1. The van der Waals surface area contributed by atoms with Crippen LogP contribution >= 0.6 is 15.9 Å². The number of hydrogen-bond acceptors (Lipinski definition) is 3. The number of hydrazone groups is 1. The van der Waals surface area contributed by atoms with Gasteiger partial charge in [-0.1, -0.05) is 53.2 Å². The monoisotopic (exact) mass is 374 g/mol. The summed E-state index contributed by atoms with van der Waals surface area (Å²) in [4.78, 5) is 11.9. The minimum absolute atomic E-state index is 0.0717. The minimum Gasteiger partial charge on any atom is -0.483 e. The van der Waals surface area contributed by atoms with Crippen LogP contribution in [0.4, 0.5) is 0 Å². The van der Waals surface area contributed by atoms with E-state index in [0.717, 1.165) is 27.7 Å². The van der Waals surface area contributed by atoms with Crippen LogP contribution in [0.5, 0.6) is 5.75 Å². The average Bonchev–Trinajstić information content (AvgIpc) is 2.55. The van der Waals surface area contributed by atoms with Gasteiger partial charge in [0, 0.05) is 4.47 Å². The van der Waals surface area contributed by atoms with Crippen LogP contribution < -0.4 is 10.2 Å². The smallest absolute Gasteiger partial charge is 0.277 e. The largest absolute Gasteiger partial charge is 0.483 e. The number of benzene rings is 2. The highest BCUT2D eigenvalue weighted by Gasteiger charge is 2.06. The molecule has 120 valence electrons. The maximum absolute atomic E-state index is 11.9. The van der Waals surface area contributed by atoms with E-state index in [9.17, 15) is 4.79 Å². The predicted octanol–water partition coefficient (Wildman–Crippen LogP) is 4.07. The summed E-state index contributed by atoms with van der Waals surface area (Å²) in [6, 6.07) is 15.4. The van der Waals surface area contributed by atoms with Gasteiger partial charge in [-0.2, -0.15) is 5.10 Å². The number of aryl methyl sites for hydroxylation is 1. The third-order valence-electron chi connectivity index (χ3n) is 3.25. The summed E-state index contributed by atoms with van der Waals surface area (Å²) in [6.45, 7) is 3.86. The molecule has 0 fully saturated rings. The molecule has 1 N–H and O–H groups in total. The lowest BCUT2D eigenvalue weighted by Gasteiger charge is -2.09. The van der Waals surface area contributed by atoms with Crippen LogP contribution in [0.25, 0.3) is 0 Å². The van der Waals surface area contributed by atoms with Crippen molar-refractivity contribution in [1.29, 1.82) is 0 Å². The Balaban J connectivity index is 1.92. The van der Waals surface area contributed by atoms with Gasteiger partial charge in [-0.15, -0.1) is 0 Å². The van der Waals surface area contributed by atoms with Gasteiger partial charge < -0.3 is 4.74 Å². The molecule has 0 heterocycles. The maximum Gasteiger partial charge on any atom is 0.277 e. The number of nitrogens with zero attached hydrogens (tertiary/aromatic N) is 1. The highest BCUT2D eigenvalue weighted by atomic mass is 79.9. The van der Waals surface area contributed by atoms with Crippen LogP contribution in [0.15, 0.2) is 58.1 Å². The average molecular weight is 375 g/mol. The van der Waals surface area contributed by atoms with E-state index < -0.39 is 0 Å². The van der Waals surface area contributed by atoms with Gasteiger partial charge in [-0.05, 0) is 42.7 Å². The second kappa shape index (κ2) is 8.48. The van der Waals surface area contributed by atoms with E-state index in [1.807, 2.05) is 62.4 Å². The molecule has 2 aromatic carbocycles. The van der Waals surface area contributed by atoms with Crippen LogP contribution in [-0.4, -0.2) is 18.2 Å². The summed E-state index contributed by atoms with van der Waals surface area (Å²) in [5.74, 6) is 0.403. The molecule has 0 saturated heterocycles. The highest BCUT2D eigenvalue weighted by Crippen LogP contribution is 2.21. The molecule has 0 atom stereocenters. The second-order valence-corrected chi connectivity index (χ2v) is 5.93. The number of carbonyl (C=O) groups is 1. The molecular formula is C18H19BrN2O2. The number of amides is 1. The molecule has 0 aliphatic heterocycles. The van der Waals surface area contributed by atoms with Crippen LogP contribution in [0, 0.1) is 6.92 Å². The fourth-order valence-corrected chi connectivity index (χ4v) is 2.53. The fourth-order valence-electron chi connectivity index (χ4n) is 2.06. The third-order valence-corrected chi connectivity index (χ3v) is 3.75. The molecule has 0 aliphatic rings. The molecule has 0 spiro atoms. The number of halogens is 1. The van der Waals surface area contributed by atoms with Gasteiger partial charge in [0.05, 0.1) is 5.71 Å². The molecule has 0 unspecified atom stereocenters. The van der Waals surface area contributed by atoms with Crippen molar-refractivity contribution in [3.63, 3.8) is 0 Å². The summed E-state index contributed by atoms with van der Waals surface area (Å²) in [7, 11) is 0. The third kappa shape index (κ3) is 5.21. The van der Waals surface area contributed by atoms with Crippen LogP contribution in [0.2, 0.25) is 0 Å². The van der Waals surface area contributed by atoms with Crippen molar-refractivity contribution >= 4 is 27.5 Å². The zero-order valence-electron chi connectivity index (χ0n) is 13.2. The van der Waals surface area contributed by atoms with Crippen molar-refractivity contribution in [2.45, 2.75) is 20.3 Å². The zero-order chi connectivity index (χ0) is 16.7. The molecule has 0 radical (unpaired) electrons. The van der Waals surface area contributed by atoms with Crippen molar-refractivity contribution in [3.05, 3.63) is 64.1 Å². The van der Waals surface area contributed by atoms with E-state index in [2.05, 4.69) is 26.5 Å². The summed E-state index contributed by atoms with van der Waals surface area (Å²) < 4.78 is 6.50. The zero-order valence-corrected chi connectivity index (χ0v) is 14.8. The number of carbonyl (C=O) groups excluding carboxylic acids is 1. The van der Waals surface area contributed by atoms with Crippen molar-refractivity contribution in [2.24, 2.45) is 5.10 Å². The molecular weight excluding hydrogens is 356 g/mol. The minimum atomic E-state index is -0.283. The van der Waals surface area contributed by atoms with Crippen molar-refractivity contribution in [2.75, 3.05) is 6.61 Å². The first-order valence-electron chi connectivity index (χ1n) is 7.40. The van der Waals surface area contributed by atoms with Crippen LogP contribution in [0.3, 0.4) is 0 Å².